The van der Waals surface area contributed by atoms with Crippen molar-refractivity contribution in [3.8, 4) is 11.1 Å². The molecule has 3 aromatic carbocycles. The first-order valence-corrected chi connectivity index (χ1v) is 14.9. The molecule has 0 radical (unpaired) electrons. The molecule has 5 aromatic rings. The normalized spacial score (nSPS) is 18.1. The Morgan fingerprint density at radius 2 is 1.74 bits per heavy atom. The number of nitrogens with zero attached hydrogens (tertiary/aromatic N) is 4. The van der Waals surface area contributed by atoms with Gasteiger partial charge in [0.2, 0.25) is 0 Å². The topological polar surface area (TPSA) is 84.0 Å². The van der Waals surface area contributed by atoms with E-state index in [0.717, 1.165) is 90.5 Å². The smallest absolute Gasteiger partial charge is 0.335 e. The number of aromatic carboxylic acids is 1. The van der Waals surface area contributed by atoms with E-state index in [2.05, 4.69) is 32.6 Å². The minimum atomic E-state index is -0.932. The number of imidazole rings is 1. The zero-order valence-corrected chi connectivity index (χ0v) is 24.4. The first kappa shape index (κ1) is 27.4. The molecule has 2 aliphatic heterocycles. The highest BCUT2D eigenvalue weighted by molar-refractivity contribution is 6.36. The van der Waals surface area contributed by atoms with Crippen molar-refractivity contribution >= 4 is 51.2 Å². The van der Waals surface area contributed by atoms with Crippen molar-refractivity contribution in [2.75, 3.05) is 32.8 Å². The second-order valence-corrected chi connectivity index (χ2v) is 11.9. The van der Waals surface area contributed by atoms with Crippen LogP contribution in [-0.4, -0.2) is 69.3 Å². The summed E-state index contributed by atoms with van der Waals surface area (Å²) in [5, 5.41) is 11.8. The van der Waals surface area contributed by atoms with Crippen molar-refractivity contribution in [1.29, 1.82) is 0 Å². The van der Waals surface area contributed by atoms with Crippen molar-refractivity contribution in [3.63, 3.8) is 0 Å². The summed E-state index contributed by atoms with van der Waals surface area (Å²) >= 11 is 12.5. The number of carbonyl (C=O) groups is 1. The van der Waals surface area contributed by atoms with Crippen LogP contribution in [0.1, 0.15) is 28.4 Å². The fourth-order valence-corrected chi connectivity index (χ4v) is 6.36. The fraction of sp³-hybridized carbons (Fsp3) is 0.312. The van der Waals surface area contributed by atoms with Crippen LogP contribution in [0.15, 0.2) is 65.1 Å². The molecule has 2 aliphatic rings. The Morgan fingerprint density at radius 3 is 2.45 bits per heavy atom. The van der Waals surface area contributed by atoms with Gasteiger partial charge in [-0.2, -0.15) is 0 Å². The van der Waals surface area contributed by atoms with Crippen LogP contribution in [0.4, 0.5) is 0 Å². The Bertz CT molecular complexity index is 1790. The first-order chi connectivity index (χ1) is 20.4. The Kier molecular flexibility index (Phi) is 7.42. The zero-order chi connectivity index (χ0) is 28.8. The number of carboxylic acid groups (broad SMARTS) is 1. The number of fused-ring (bicyclic) bond motifs is 2. The number of carboxylic acids is 1. The summed E-state index contributed by atoms with van der Waals surface area (Å²) in [6.45, 7) is 6.56. The number of piperazine rings is 1. The number of rotatable bonds is 8. The average Bonchev–Trinajstić information content (AvgIpc) is 3.50. The minimum Gasteiger partial charge on any atom is -0.478 e. The molecule has 0 saturated carbocycles. The summed E-state index contributed by atoms with van der Waals surface area (Å²) in [6, 6.07) is 19.0. The van der Waals surface area contributed by atoms with Gasteiger partial charge in [-0.05, 0) is 54.4 Å². The van der Waals surface area contributed by atoms with E-state index in [-0.39, 0.29) is 11.7 Å². The molecule has 1 N–H and O–H groups in total. The first-order valence-electron chi connectivity index (χ1n) is 14.2. The lowest BCUT2D eigenvalue weighted by atomic mass is 10.0. The molecule has 4 heterocycles. The van der Waals surface area contributed by atoms with E-state index >= 15 is 0 Å². The van der Waals surface area contributed by atoms with Crippen molar-refractivity contribution in [2.24, 2.45) is 0 Å². The molecule has 0 bridgehead atoms. The lowest BCUT2D eigenvalue weighted by Crippen LogP contribution is -2.45. The number of halogens is 2. The molecule has 2 fully saturated rings. The van der Waals surface area contributed by atoms with Gasteiger partial charge in [-0.25, -0.2) is 9.78 Å². The van der Waals surface area contributed by atoms with Crippen LogP contribution in [0.5, 0.6) is 0 Å². The molecule has 2 aromatic heterocycles. The largest absolute Gasteiger partial charge is 0.478 e. The van der Waals surface area contributed by atoms with E-state index in [9.17, 15) is 9.90 Å². The average molecular weight is 606 g/mol. The summed E-state index contributed by atoms with van der Waals surface area (Å²) in [5.41, 5.74) is 4.70. The maximum Gasteiger partial charge on any atom is 0.335 e. The molecule has 216 valence electrons. The third-order valence-corrected chi connectivity index (χ3v) is 8.82. The highest BCUT2D eigenvalue weighted by atomic mass is 35.5. The molecular weight excluding hydrogens is 575 g/mol. The van der Waals surface area contributed by atoms with Crippen molar-refractivity contribution in [2.45, 2.75) is 32.2 Å². The summed E-state index contributed by atoms with van der Waals surface area (Å²) in [7, 11) is 0. The summed E-state index contributed by atoms with van der Waals surface area (Å²) in [4.78, 5) is 21.3. The van der Waals surface area contributed by atoms with Gasteiger partial charge in [-0.15, -0.1) is 0 Å². The molecule has 7 rings (SSSR count). The van der Waals surface area contributed by atoms with Gasteiger partial charge in [0, 0.05) is 53.8 Å². The fourth-order valence-electron chi connectivity index (χ4n) is 5.84. The molecule has 1 atom stereocenters. The number of benzene rings is 3. The van der Waals surface area contributed by atoms with Crippen molar-refractivity contribution < 1.29 is 19.1 Å². The SMILES string of the molecule is O=C(O)c1ccc2nc(CN3CCN(Cc4cc5ccc(-c6ccc(Cl)cc6Cl)cc5o4)CC3)n(C[C@@H]3CCO3)c2c1. The quantitative estimate of drug-likeness (QED) is 0.215. The number of furan rings is 1. The van der Waals surface area contributed by atoms with E-state index < -0.39 is 5.97 Å². The minimum absolute atomic E-state index is 0.148. The van der Waals surface area contributed by atoms with Crippen LogP contribution in [0.3, 0.4) is 0 Å². The van der Waals surface area contributed by atoms with E-state index in [1.165, 1.54) is 0 Å². The van der Waals surface area contributed by atoms with Gasteiger partial charge in [-0.1, -0.05) is 41.4 Å². The van der Waals surface area contributed by atoms with Gasteiger partial charge in [-0.3, -0.25) is 9.80 Å². The van der Waals surface area contributed by atoms with Gasteiger partial charge < -0.3 is 18.8 Å². The lowest BCUT2D eigenvalue weighted by molar-refractivity contribution is -0.0592. The predicted octanol–water partition coefficient (Wildman–Crippen LogP) is 6.56. The van der Waals surface area contributed by atoms with E-state index in [0.29, 0.717) is 23.1 Å². The maximum atomic E-state index is 11.6. The molecule has 0 unspecified atom stereocenters. The number of aromatic nitrogens is 2. The number of hydrogen-bond donors (Lipinski definition) is 1. The predicted molar refractivity (Wildman–Crippen MR) is 163 cm³/mol. The zero-order valence-electron chi connectivity index (χ0n) is 22.9. The Morgan fingerprint density at radius 1 is 0.952 bits per heavy atom. The maximum absolute atomic E-state index is 11.6. The van der Waals surface area contributed by atoms with E-state index in [1.807, 2.05) is 18.2 Å². The van der Waals surface area contributed by atoms with Crippen molar-refractivity contribution in [1.82, 2.24) is 19.4 Å². The summed E-state index contributed by atoms with van der Waals surface area (Å²) in [5.74, 6) is 0.956. The standard InChI is InChI=1S/C32H30Cl2N4O4/c33-23-4-5-26(27(34)16-23)20-1-2-21-13-25(42-30(21)15-20)17-36-8-10-37(11-9-36)19-31-35-28-6-3-22(32(39)40)14-29(28)38(31)18-24-7-12-41-24/h1-6,13-16,24H,7-12,17-19H2,(H,39,40)/t24-/m0/s1. The Balaban J connectivity index is 1.02. The summed E-state index contributed by atoms with van der Waals surface area (Å²) in [6.07, 6.45) is 1.16. The molecule has 2 saturated heterocycles. The molecule has 0 spiro atoms. The van der Waals surface area contributed by atoms with E-state index in [4.69, 9.17) is 37.3 Å². The number of ether oxygens (including phenoxy) is 1. The molecular formula is C32H30Cl2N4O4. The van der Waals surface area contributed by atoms with Gasteiger partial charge in [0.15, 0.2) is 0 Å². The van der Waals surface area contributed by atoms with Crippen LogP contribution < -0.4 is 0 Å². The molecule has 8 nitrogen and oxygen atoms in total. The molecule has 42 heavy (non-hydrogen) atoms. The third kappa shape index (κ3) is 5.53. The molecule has 0 aliphatic carbocycles. The van der Waals surface area contributed by atoms with E-state index in [1.54, 1.807) is 24.3 Å². The molecule has 0 amide bonds. The Labute approximate surface area is 253 Å². The van der Waals surface area contributed by atoms with Gasteiger partial charge in [0.05, 0.1) is 42.3 Å². The summed E-state index contributed by atoms with van der Waals surface area (Å²) < 4.78 is 14.1. The van der Waals surface area contributed by atoms with Crippen LogP contribution in [-0.2, 0) is 24.4 Å². The van der Waals surface area contributed by atoms with Crippen LogP contribution in [0, 0.1) is 0 Å². The second-order valence-electron chi connectivity index (χ2n) is 11.1. The van der Waals surface area contributed by atoms with Crippen LogP contribution in [0.25, 0.3) is 33.1 Å². The van der Waals surface area contributed by atoms with Crippen molar-refractivity contribution in [3.05, 3.63) is 87.9 Å². The second kappa shape index (κ2) is 11.4. The highest BCUT2D eigenvalue weighted by Gasteiger charge is 2.25. The van der Waals surface area contributed by atoms with Crippen LogP contribution >= 0.6 is 23.2 Å². The Hall–Kier alpha value is -3.40. The van der Waals surface area contributed by atoms with Gasteiger partial charge >= 0.3 is 5.97 Å². The van der Waals surface area contributed by atoms with Gasteiger partial charge in [0.1, 0.15) is 17.2 Å². The monoisotopic (exact) mass is 604 g/mol. The molecule has 10 heteroatoms. The van der Waals surface area contributed by atoms with Gasteiger partial charge in [0.25, 0.3) is 0 Å². The lowest BCUT2D eigenvalue weighted by Gasteiger charge is -2.34. The number of hydrogen-bond acceptors (Lipinski definition) is 6. The third-order valence-electron chi connectivity index (χ3n) is 8.28. The van der Waals surface area contributed by atoms with Crippen LogP contribution in [0.2, 0.25) is 10.0 Å². The highest BCUT2D eigenvalue weighted by Crippen LogP contribution is 2.33.